The van der Waals surface area contributed by atoms with Gasteiger partial charge in [-0.3, -0.25) is 9.59 Å². The van der Waals surface area contributed by atoms with E-state index in [9.17, 15) is 22.8 Å². The second-order valence-corrected chi connectivity index (χ2v) is 6.97. The monoisotopic (exact) mass is 390 g/mol. The Morgan fingerprint density at radius 3 is 2.21 bits per heavy atom. The van der Waals surface area contributed by atoms with Crippen LogP contribution in [-0.2, 0) is 4.79 Å². The lowest BCUT2D eigenvalue weighted by molar-refractivity contribution is -0.127. The van der Waals surface area contributed by atoms with E-state index < -0.39 is 23.5 Å². The van der Waals surface area contributed by atoms with Gasteiger partial charge in [0.1, 0.15) is 17.5 Å². The van der Waals surface area contributed by atoms with Gasteiger partial charge in [0.15, 0.2) is 0 Å². The summed E-state index contributed by atoms with van der Waals surface area (Å²) in [5, 5.41) is 2.76. The van der Waals surface area contributed by atoms with Gasteiger partial charge < -0.3 is 10.2 Å². The maximum Gasteiger partial charge on any atom is 0.253 e. The average molecular weight is 390 g/mol. The van der Waals surface area contributed by atoms with Crippen LogP contribution < -0.4 is 5.32 Å². The van der Waals surface area contributed by atoms with Gasteiger partial charge in [-0.2, -0.15) is 0 Å². The molecule has 1 saturated heterocycles. The number of benzene rings is 2. The summed E-state index contributed by atoms with van der Waals surface area (Å²) in [5.41, 5.74) is 0.628. The zero-order chi connectivity index (χ0) is 20.3. The summed E-state index contributed by atoms with van der Waals surface area (Å²) in [5.74, 6) is -2.47. The predicted molar refractivity (Wildman–Crippen MR) is 97.9 cm³/mol. The highest BCUT2D eigenvalue weighted by Gasteiger charge is 2.29. The van der Waals surface area contributed by atoms with E-state index in [4.69, 9.17) is 0 Å². The van der Waals surface area contributed by atoms with Crippen LogP contribution in [0.4, 0.5) is 13.2 Å². The van der Waals surface area contributed by atoms with Crippen molar-refractivity contribution in [3.63, 3.8) is 0 Å². The van der Waals surface area contributed by atoms with Crippen LogP contribution in [0.1, 0.15) is 41.7 Å². The van der Waals surface area contributed by atoms with E-state index in [2.05, 4.69) is 5.32 Å². The van der Waals surface area contributed by atoms with Gasteiger partial charge in [-0.1, -0.05) is 6.07 Å². The molecule has 0 radical (unpaired) electrons. The smallest absolute Gasteiger partial charge is 0.253 e. The summed E-state index contributed by atoms with van der Waals surface area (Å²) in [6, 6.07) is 8.03. The number of carbonyl (C=O) groups is 2. The van der Waals surface area contributed by atoms with Gasteiger partial charge >= 0.3 is 0 Å². The lowest BCUT2D eigenvalue weighted by Gasteiger charge is -2.32. The van der Waals surface area contributed by atoms with Gasteiger partial charge in [-0.25, -0.2) is 13.2 Å². The van der Waals surface area contributed by atoms with E-state index in [0.29, 0.717) is 31.5 Å². The first-order chi connectivity index (χ1) is 13.3. The SMILES string of the molecule is CC(NC(=O)C1CCN(C(=O)c2ccc(F)cc2)CC1)c1ccc(F)cc1F. The van der Waals surface area contributed by atoms with E-state index in [1.165, 1.54) is 30.3 Å². The summed E-state index contributed by atoms with van der Waals surface area (Å²) in [7, 11) is 0. The third-order valence-electron chi connectivity index (χ3n) is 5.03. The fraction of sp³-hybridized carbons (Fsp3) is 0.333. The minimum absolute atomic E-state index is 0.194. The molecule has 0 saturated carbocycles. The van der Waals surface area contributed by atoms with Crippen molar-refractivity contribution in [2.75, 3.05) is 13.1 Å². The molecular weight excluding hydrogens is 369 g/mol. The average Bonchev–Trinajstić information content (AvgIpc) is 2.68. The molecule has 2 aromatic rings. The molecule has 0 bridgehead atoms. The Bertz CT molecular complexity index is 862. The van der Waals surface area contributed by atoms with Gasteiger partial charge in [-0.05, 0) is 50.1 Å². The molecule has 2 aromatic carbocycles. The molecule has 1 atom stereocenters. The van der Waals surface area contributed by atoms with Crippen molar-refractivity contribution in [2.45, 2.75) is 25.8 Å². The minimum Gasteiger partial charge on any atom is -0.349 e. The Morgan fingerprint density at radius 2 is 1.61 bits per heavy atom. The summed E-state index contributed by atoms with van der Waals surface area (Å²) in [6.45, 7) is 2.46. The molecule has 148 valence electrons. The maximum atomic E-state index is 13.9. The minimum atomic E-state index is -0.701. The van der Waals surface area contributed by atoms with Crippen LogP contribution in [0.15, 0.2) is 42.5 Å². The number of nitrogens with one attached hydrogen (secondary N) is 1. The molecule has 0 aliphatic carbocycles. The molecule has 1 N–H and O–H groups in total. The third-order valence-corrected chi connectivity index (χ3v) is 5.03. The van der Waals surface area contributed by atoms with Crippen LogP contribution in [0.5, 0.6) is 0 Å². The standard InChI is InChI=1S/C21H21F3N2O2/c1-13(18-7-6-17(23)12-19(18)24)25-20(27)14-8-10-26(11-9-14)21(28)15-2-4-16(22)5-3-15/h2-7,12-14H,8-11H2,1H3,(H,25,27). The van der Waals surface area contributed by atoms with Crippen molar-refractivity contribution in [1.29, 1.82) is 0 Å². The van der Waals surface area contributed by atoms with Gasteiger partial charge in [0, 0.05) is 36.2 Å². The molecule has 28 heavy (non-hydrogen) atoms. The first-order valence-corrected chi connectivity index (χ1v) is 9.15. The Morgan fingerprint density at radius 1 is 1.00 bits per heavy atom. The Kier molecular flexibility index (Phi) is 6.02. The molecule has 1 unspecified atom stereocenters. The van der Waals surface area contributed by atoms with Crippen molar-refractivity contribution >= 4 is 11.8 Å². The molecule has 0 spiro atoms. The highest BCUT2D eigenvalue weighted by Crippen LogP contribution is 2.22. The molecule has 1 heterocycles. The molecular formula is C21H21F3N2O2. The largest absolute Gasteiger partial charge is 0.349 e. The molecule has 0 aromatic heterocycles. The fourth-order valence-electron chi connectivity index (χ4n) is 3.38. The second-order valence-electron chi connectivity index (χ2n) is 6.97. The zero-order valence-corrected chi connectivity index (χ0v) is 15.4. The van der Waals surface area contributed by atoms with Crippen LogP contribution in [0.3, 0.4) is 0 Å². The highest BCUT2D eigenvalue weighted by molar-refractivity contribution is 5.94. The molecule has 3 rings (SSSR count). The number of carbonyl (C=O) groups excluding carboxylic acids is 2. The van der Waals surface area contributed by atoms with E-state index in [0.717, 1.165) is 12.1 Å². The van der Waals surface area contributed by atoms with E-state index in [-0.39, 0.29) is 23.3 Å². The van der Waals surface area contributed by atoms with Gasteiger partial charge in [0.05, 0.1) is 6.04 Å². The van der Waals surface area contributed by atoms with E-state index in [1.54, 1.807) is 11.8 Å². The van der Waals surface area contributed by atoms with Gasteiger partial charge in [0.25, 0.3) is 5.91 Å². The zero-order valence-electron chi connectivity index (χ0n) is 15.4. The van der Waals surface area contributed by atoms with Crippen LogP contribution in [0.25, 0.3) is 0 Å². The summed E-state index contributed by atoms with van der Waals surface area (Å²) < 4.78 is 39.9. The maximum absolute atomic E-state index is 13.9. The number of hydrogen-bond acceptors (Lipinski definition) is 2. The van der Waals surface area contributed by atoms with Crippen molar-refractivity contribution in [2.24, 2.45) is 5.92 Å². The van der Waals surface area contributed by atoms with Crippen molar-refractivity contribution < 1.29 is 22.8 Å². The second kappa shape index (κ2) is 8.46. The number of rotatable bonds is 4. The van der Waals surface area contributed by atoms with Crippen LogP contribution in [0, 0.1) is 23.4 Å². The molecule has 7 heteroatoms. The lowest BCUT2D eigenvalue weighted by atomic mass is 9.94. The van der Waals surface area contributed by atoms with Crippen molar-refractivity contribution in [3.05, 3.63) is 71.0 Å². The van der Waals surface area contributed by atoms with Crippen LogP contribution in [-0.4, -0.2) is 29.8 Å². The Hall–Kier alpha value is -2.83. The van der Waals surface area contributed by atoms with Gasteiger partial charge in [0.2, 0.25) is 5.91 Å². The highest BCUT2D eigenvalue weighted by atomic mass is 19.1. The fourth-order valence-corrected chi connectivity index (χ4v) is 3.38. The van der Waals surface area contributed by atoms with Crippen molar-refractivity contribution in [1.82, 2.24) is 10.2 Å². The van der Waals surface area contributed by atoms with E-state index >= 15 is 0 Å². The number of amides is 2. The predicted octanol–water partition coefficient (Wildman–Crippen LogP) is 3.83. The normalized spacial score (nSPS) is 15.9. The molecule has 1 aliphatic heterocycles. The van der Waals surface area contributed by atoms with Crippen LogP contribution >= 0.6 is 0 Å². The molecule has 2 amide bonds. The summed E-state index contributed by atoms with van der Waals surface area (Å²) >= 11 is 0. The van der Waals surface area contributed by atoms with Crippen molar-refractivity contribution in [3.8, 4) is 0 Å². The molecule has 1 aliphatic rings. The first-order valence-electron chi connectivity index (χ1n) is 9.15. The first kappa shape index (κ1) is 19.9. The Labute approximate surface area is 161 Å². The number of nitrogens with zero attached hydrogens (tertiary/aromatic N) is 1. The van der Waals surface area contributed by atoms with Crippen LogP contribution in [0.2, 0.25) is 0 Å². The number of likely N-dealkylation sites (tertiary alicyclic amines) is 1. The number of hydrogen-bond donors (Lipinski definition) is 1. The summed E-state index contributed by atoms with van der Waals surface area (Å²) in [6.07, 6.45) is 0.967. The third kappa shape index (κ3) is 4.52. The number of halogens is 3. The quantitative estimate of drug-likeness (QED) is 0.863. The topological polar surface area (TPSA) is 49.4 Å². The lowest BCUT2D eigenvalue weighted by Crippen LogP contribution is -2.43. The van der Waals surface area contributed by atoms with E-state index in [1.807, 2.05) is 0 Å². The Balaban J connectivity index is 1.54. The van der Waals surface area contributed by atoms with Gasteiger partial charge in [-0.15, -0.1) is 0 Å². The molecule has 1 fully saturated rings. The summed E-state index contributed by atoms with van der Waals surface area (Å²) in [4.78, 5) is 26.6. The number of piperidine rings is 1. The molecule has 4 nitrogen and oxygen atoms in total.